The van der Waals surface area contributed by atoms with Gasteiger partial charge in [-0.05, 0) is 49.4 Å². The van der Waals surface area contributed by atoms with E-state index in [-0.39, 0.29) is 48.4 Å². The van der Waals surface area contributed by atoms with Crippen LogP contribution in [0.2, 0.25) is 0 Å². The molecule has 1 aliphatic carbocycles. The molecule has 5 rings (SSSR count). The van der Waals surface area contributed by atoms with Crippen LogP contribution in [-0.4, -0.2) is 61.8 Å². The van der Waals surface area contributed by atoms with Gasteiger partial charge in [-0.1, -0.05) is 6.07 Å². The van der Waals surface area contributed by atoms with Gasteiger partial charge in [0.15, 0.2) is 17.9 Å². The van der Waals surface area contributed by atoms with Crippen molar-refractivity contribution in [1.82, 2.24) is 35.4 Å². The van der Waals surface area contributed by atoms with Crippen molar-refractivity contribution in [2.45, 2.75) is 63.2 Å². The zero-order chi connectivity index (χ0) is 38.2. The lowest BCUT2D eigenvalue weighted by Crippen LogP contribution is -2.40. The van der Waals surface area contributed by atoms with E-state index in [4.69, 9.17) is 4.74 Å². The van der Waals surface area contributed by atoms with Gasteiger partial charge in [0.25, 0.3) is 18.2 Å². The normalized spacial score (nSPS) is 17.0. The first kappa shape index (κ1) is 38.1. The third kappa shape index (κ3) is 8.99. The maximum atomic E-state index is 14.0. The van der Waals surface area contributed by atoms with Crippen molar-refractivity contribution in [3.63, 3.8) is 0 Å². The van der Waals surface area contributed by atoms with Crippen LogP contribution in [-0.2, 0) is 25.9 Å². The predicted molar refractivity (Wildman–Crippen MR) is 159 cm³/mol. The number of hydrogen-bond acceptors (Lipinski definition) is 7. The topological polar surface area (TPSA) is 139 Å². The number of pyridine rings is 1. The Morgan fingerprint density at radius 2 is 1.63 bits per heavy atom. The number of hydrogen-bond donors (Lipinski definition) is 4. The lowest BCUT2D eigenvalue weighted by atomic mass is 9.85. The highest BCUT2D eigenvalue weighted by atomic mass is 19.4. The molecule has 1 aliphatic rings. The number of aryl methyl sites for hydroxylation is 1. The number of imidazole rings is 1. The molecule has 0 aliphatic heterocycles. The summed E-state index contributed by atoms with van der Waals surface area (Å²) < 4.78 is 152. The number of alkyl halides is 11. The summed E-state index contributed by atoms with van der Waals surface area (Å²) in [6, 6.07) is 3.59. The largest absolute Gasteiger partial charge is 0.471 e. The molecule has 0 radical (unpaired) electrons. The number of amides is 2. The summed E-state index contributed by atoms with van der Waals surface area (Å²) >= 11 is 0. The van der Waals surface area contributed by atoms with Gasteiger partial charge in [-0.15, -0.1) is 0 Å². The molecule has 3 aromatic heterocycles. The highest BCUT2D eigenvalue weighted by molar-refractivity contribution is 5.99. The van der Waals surface area contributed by atoms with Gasteiger partial charge in [-0.2, -0.15) is 54.6 Å². The second kappa shape index (κ2) is 14.4. The van der Waals surface area contributed by atoms with E-state index in [0.717, 1.165) is 25.2 Å². The van der Waals surface area contributed by atoms with Crippen molar-refractivity contribution in [3.8, 4) is 5.88 Å². The van der Waals surface area contributed by atoms with Crippen molar-refractivity contribution < 1.29 is 62.6 Å². The third-order valence-corrected chi connectivity index (χ3v) is 8.05. The van der Waals surface area contributed by atoms with E-state index in [1.165, 1.54) is 0 Å². The van der Waals surface area contributed by atoms with Gasteiger partial charge in [0, 0.05) is 25.7 Å². The van der Waals surface area contributed by atoms with E-state index in [1.54, 1.807) is 0 Å². The van der Waals surface area contributed by atoms with Crippen LogP contribution >= 0.6 is 0 Å². The van der Waals surface area contributed by atoms with Crippen LogP contribution in [0.15, 0.2) is 30.3 Å². The number of aromatic amines is 1. The van der Waals surface area contributed by atoms with E-state index in [2.05, 4.69) is 36.0 Å². The van der Waals surface area contributed by atoms with Crippen molar-refractivity contribution in [3.05, 3.63) is 58.4 Å². The van der Waals surface area contributed by atoms with Crippen LogP contribution in [0.5, 0.6) is 5.88 Å². The van der Waals surface area contributed by atoms with Crippen LogP contribution in [0.25, 0.3) is 11.2 Å². The molecular weight excluding hydrogens is 729 g/mol. The number of nitrogens with zero attached hydrogens (tertiary/aromatic N) is 4. The zero-order valence-electron chi connectivity index (χ0n) is 26.5. The quantitative estimate of drug-likeness (QED) is 0.129. The number of carbonyl (C=O) groups is 2. The highest BCUT2D eigenvalue weighted by Gasteiger charge is 2.42. The smallest absolute Gasteiger partial charge is 0.435 e. The fourth-order valence-corrected chi connectivity index (χ4v) is 5.50. The monoisotopic (exact) mass is 756 g/mol. The number of ether oxygens (including phenoxy) is 1. The zero-order valence-corrected chi connectivity index (χ0v) is 26.5. The van der Waals surface area contributed by atoms with Gasteiger partial charge in [0.1, 0.15) is 11.3 Å². The Hall–Kier alpha value is -5.18. The number of benzene rings is 1. The summed E-state index contributed by atoms with van der Waals surface area (Å²) in [4.78, 5) is 36.3. The van der Waals surface area contributed by atoms with E-state index in [1.807, 2.05) is 0 Å². The van der Waals surface area contributed by atoms with E-state index in [0.29, 0.717) is 16.8 Å². The minimum atomic E-state index is -4.92. The minimum absolute atomic E-state index is 0.0104. The highest BCUT2D eigenvalue weighted by Crippen LogP contribution is 2.39. The number of rotatable bonds is 10. The molecule has 0 unspecified atom stereocenters. The molecule has 1 saturated carbocycles. The summed E-state index contributed by atoms with van der Waals surface area (Å²) in [7, 11) is 1.10. The summed E-state index contributed by atoms with van der Waals surface area (Å²) in [5.74, 6) is -4.42. The molecule has 22 heteroatoms. The number of aromatic nitrogens is 5. The second-order valence-electron chi connectivity index (χ2n) is 11.8. The first-order valence-corrected chi connectivity index (χ1v) is 15.2. The maximum absolute atomic E-state index is 14.0. The van der Waals surface area contributed by atoms with Crippen molar-refractivity contribution in [2.75, 3.05) is 11.9 Å². The first-order chi connectivity index (χ1) is 24.2. The number of carbonyl (C=O) groups excluding carboxylic acids is 2. The number of halogens is 11. The first-order valence-electron chi connectivity index (χ1n) is 15.2. The van der Waals surface area contributed by atoms with Gasteiger partial charge >= 0.3 is 18.5 Å². The second-order valence-corrected chi connectivity index (χ2v) is 11.8. The standard InChI is InChI=1S/C30H27F11N8O3/c1-49-20(10-21(48-49)30(39,40)41)25(51)42-11-13-2-7-17(29(36,37)38)18(8-13)44-27-45-19-9-16(26(46-23(19)47-27)52-12-22(31)32)24(50)43-15-5-3-14(4-6-15)28(33,34)35/h2,7-10,14-15,22H,3-6,11-12H2,1H3,(H,42,51)(H,43,50)(H2,44,45,46,47). The number of nitrogens with one attached hydrogen (secondary N) is 4. The molecule has 0 saturated heterocycles. The molecule has 4 aromatic rings. The van der Waals surface area contributed by atoms with E-state index in [9.17, 15) is 57.9 Å². The van der Waals surface area contributed by atoms with Gasteiger partial charge in [-0.3, -0.25) is 14.3 Å². The fourth-order valence-electron chi connectivity index (χ4n) is 5.50. The molecule has 0 spiro atoms. The molecule has 52 heavy (non-hydrogen) atoms. The number of fused-ring (bicyclic) bond motifs is 1. The SMILES string of the molecule is Cn1nc(C(F)(F)F)cc1C(=O)NCc1ccc(C(F)(F)F)c(Nc2nc3nc(OCC(F)F)c(C(=O)NC4CCC(C(F)(F)F)CC4)cc3[nH]2)c1. The van der Waals surface area contributed by atoms with Gasteiger partial charge in [0.05, 0.1) is 22.7 Å². The number of anilines is 2. The van der Waals surface area contributed by atoms with Crippen molar-refractivity contribution in [1.29, 1.82) is 0 Å². The fraction of sp³-hybridized carbons (Fsp3) is 0.433. The van der Waals surface area contributed by atoms with Crippen LogP contribution in [0.3, 0.4) is 0 Å². The van der Waals surface area contributed by atoms with Gasteiger partial charge < -0.3 is 25.7 Å². The molecule has 0 bridgehead atoms. The molecule has 282 valence electrons. The van der Waals surface area contributed by atoms with E-state index < -0.39 is 96.0 Å². The Kier molecular flexibility index (Phi) is 10.6. The van der Waals surface area contributed by atoms with Crippen LogP contribution in [0.4, 0.5) is 59.9 Å². The lowest BCUT2D eigenvalue weighted by molar-refractivity contribution is -0.182. The van der Waals surface area contributed by atoms with Crippen LogP contribution in [0, 0.1) is 5.92 Å². The maximum Gasteiger partial charge on any atom is 0.435 e. The average Bonchev–Trinajstić information content (AvgIpc) is 3.63. The molecule has 0 atom stereocenters. The summed E-state index contributed by atoms with van der Waals surface area (Å²) in [6.45, 7) is -1.63. The lowest BCUT2D eigenvalue weighted by Gasteiger charge is -2.30. The molecular formula is C30H27F11N8O3. The average molecular weight is 757 g/mol. The molecule has 11 nitrogen and oxygen atoms in total. The molecule has 2 amide bonds. The predicted octanol–water partition coefficient (Wildman–Crippen LogP) is 6.90. The van der Waals surface area contributed by atoms with Gasteiger partial charge in [-0.25, -0.2) is 8.78 Å². The summed E-state index contributed by atoms with van der Waals surface area (Å²) in [5.41, 5.74) is -4.25. The Balaban J connectivity index is 1.37. The molecule has 1 aromatic carbocycles. The van der Waals surface area contributed by atoms with Crippen LogP contribution < -0.4 is 20.7 Å². The molecule has 4 N–H and O–H groups in total. The minimum Gasteiger partial charge on any atom is -0.471 e. The number of H-pyrrole nitrogens is 1. The molecule has 1 fully saturated rings. The Morgan fingerprint density at radius 3 is 2.23 bits per heavy atom. The Bertz CT molecular complexity index is 1930. The Morgan fingerprint density at radius 1 is 0.942 bits per heavy atom. The Labute approximate surface area is 285 Å². The molecule has 3 heterocycles. The van der Waals surface area contributed by atoms with Crippen molar-refractivity contribution in [2.24, 2.45) is 13.0 Å². The third-order valence-electron chi connectivity index (χ3n) is 8.05. The summed E-state index contributed by atoms with van der Waals surface area (Å²) in [5, 5.41) is 10.5. The van der Waals surface area contributed by atoms with E-state index >= 15 is 0 Å². The summed E-state index contributed by atoms with van der Waals surface area (Å²) in [6.07, 6.45) is -17.6. The van der Waals surface area contributed by atoms with Gasteiger partial charge in [0.2, 0.25) is 11.8 Å². The van der Waals surface area contributed by atoms with Crippen molar-refractivity contribution >= 4 is 34.6 Å². The van der Waals surface area contributed by atoms with Crippen LogP contribution in [0.1, 0.15) is 63.4 Å².